The van der Waals surface area contributed by atoms with Crippen LogP contribution in [0.2, 0.25) is 0 Å². The van der Waals surface area contributed by atoms with Gasteiger partial charge in [-0.2, -0.15) is 0 Å². The molecule has 0 saturated carbocycles. The lowest BCUT2D eigenvalue weighted by atomic mass is 10.2. The molecule has 0 spiro atoms. The van der Waals surface area contributed by atoms with Crippen molar-refractivity contribution in [3.63, 3.8) is 0 Å². The van der Waals surface area contributed by atoms with Crippen molar-refractivity contribution < 1.29 is 9.13 Å². The zero-order valence-electron chi connectivity index (χ0n) is 13.2. The largest absolute Gasteiger partial charge is 0.491 e. The van der Waals surface area contributed by atoms with Gasteiger partial charge in [0.15, 0.2) is 0 Å². The Balaban J connectivity index is 1.72. The van der Waals surface area contributed by atoms with Crippen molar-refractivity contribution in [2.75, 3.05) is 25.1 Å². The molecule has 4 nitrogen and oxygen atoms in total. The first-order valence-corrected chi connectivity index (χ1v) is 7.45. The molecule has 1 heterocycles. The summed E-state index contributed by atoms with van der Waals surface area (Å²) in [6, 6.07) is 12.4. The molecule has 0 aliphatic carbocycles. The van der Waals surface area contributed by atoms with E-state index in [1.807, 2.05) is 43.1 Å². The molecule has 23 heavy (non-hydrogen) atoms. The molecule has 118 valence electrons. The van der Waals surface area contributed by atoms with Crippen molar-refractivity contribution in [1.29, 1.82) is 0 Å². The van der Waals surface area contributed by atoms with Crippen molar-refractivity contribution in [1.82, 2.24) is 9.97 Å². The SMILES string of the molecule is Cc1ccccc1OCCN(C)c1ncnc2ccc(F)cc12. The summed E-state index contributed by atoms with van der Waals surface area (Å²) < 4.78 is 19.3. The number of hydrogen-bond acceptors (Lipinski definition) is 4. The van der Waals surface area contributed by atoms with E-state index in [0.717, 1.165) is 16.8 Å². The summed E-state index contributed by atoms with van der Waals surface area (Å²) >= 11 is 0. The average Bonchev–Trinajstić information content (AvgIpc) is 2.56. The van der Waals surface area contributed by atoms with Crippen LogP contribution in [0.4, 0.5) is 10.2 Å². The highest BCUT2D eigenvalue weighted by molar-refractivity contribution is 5.89. The first-order valence-electron chi connectivity index (χ1n) is 7.45. The molecule has 0 atom stereocenters. The number of hydrogen-bond donors (Lipinski definition) is 0. The van der Waals surface area contributed by atoms with E-state index in [4.69, 9.17) is 4.74 Å². The van der Waals surface area contributed by atoms with Crippen LogP contribution in [0, 0.1) is 12.7 Å². The summed E-state index contributed by atoms with van der Waals surface area (Å²) in [4.78, 5) is 10.4. The second-order valence-electron chi connectivity index (χ2n) is 5.39. The number of aromatic nitrogens is 2. The first-order chi connectivity index (χ1) is 11.1. The Bertz CT molecular complexity index is 822. The number of para-hydroxylation sites is 1. The van der Waals surface area contributed by atoms with Crippen LogP contribution in [0.25, 0.3) is 10.9 Å². The number of fused-ring (bicyclic) bond motifs is 1. The standard InChI is InChI=1S/C18H18FN3O/c1-13-5-3-4-6-17(13)23-10-9-22(2)18-15-11-14(19)7-8-16(15)20-12-21-18/h3-8,11-12H,9-10H2,1-2H3. The van der Waals surface area contributed by atoms with Gasteiger partial charge in [-0.25, -0.2) is 14.4 Å². The molecule has 2 aromatic carbocycles. The molecule has 0 bridgehead atoms. The average molecular weight is 311 g/mol. The predicted molar refractivity (Wildman–Crippen MR) is 89.4 cm³/mol. The Morgan fingerprint density at radius 2 is 1.96 bits per heavy atom. The summed E-state index contributed by atoms with van der Waals surface area (Å²) in [5.74, 6) is 1.28. The maximum Gasteiger partial charge on any atom is 0.139 e. The van der Waals surface area contributed by atoms with Crippen LogP contribution in [0.5, 0.6) is 5.75 Å². The number of rotatable bonds is 5. The van der Waals surface area contributed by atoms with Gasteiger partial charge < -0.3 is 9.64 Å². The highest BCUT2D eigenvalue weighted by Gasteiger charge is 2.10. The van der Waals surface area contributed by atoms with Gasteiger partial charge in [0.25, 0.3) is 0 Å². The molecule has 0 radical (unpaired) electrons. The quantitative estimate of drug-likeness (QED) is 0.722. The summed E-state index contributed by atoms with van der Waals surface area (Å²) in [6.07, 6.45) is 1.49. The van der Waals surface area contributed by atoms with Crippen LogP contribution in [-0.2, 0) is 0 Å². The normalized spacial score (nSPS) is 10.7. The number of aryl methyl sites for hydroxylation is 1. The number of nitrogens with zero attached hydrogens (tertiary/aromatic N) is 3. The lowest BCUT2D eigenvalue weighted by molar-refractivity contribution is 0.323. The van der Waals surface area contributed by atoms with Crippen molar-refractivity contribution in [2.45, 2.75) is 6.92 Å². The van der Waals surface area contributed by atoms with Crippen molar-refractivity contribution in [2.24, 2.45) is 0 Å². The minimum absolute atomic E-state index is 0.293. The Kier molecular flexibility index (Phi) is 4.37. The minimum Gasteiger partial charge on any atom is -0.491 e. The van der Waals surface area contributed by atoms with Crippen LogP contribution < -0.4 is 9.64 Å². The number of anilines is 1. The van der Waals surface area contributed by atoms with Gasteiger partial charge in [0.2, 0.25) is 0 Å². The topological polar surface area (TPSA) is 38.2 Å². The molecule has 0 aliphatic rings. The van der Waals surface area contributed by atoms with Gasteiger partial charge in [0.05, 0.1) is 12.1 Å². The third-order valence-corrected chi connectivity index (χ3v) is 3.72. The van der Waals surface area contributed by atoms with Crippen LogP contribution in [0.15, 0.2) is 48.8 Å². The maximum atomic E-state index is 13.5. The minimum atomic E-state index is -0.293. The van der Waals surface area contributed by atoms with Gasteiger partial charge in [0, 0.05) is 12.4 Å². The number of likely N-dealkylation sites (N-methyl/N-ethyl adjacent to an activating group) is 1. The van der Waals surface area contributed by atoms with E-state index in [1.165, 1.54) is 18.5 Å². The molecular weight excluding hydrogens is 293 g/mol. The van der Waals surface area contributed by atoms with Crippen LogP contribution in [-0.4, -0.2) is 30.2 Å². The fourth-order valence-electron chi connectivity index (χ4n) is 2.44. The fraction of sp³-hybridized carbons (Fsp3) is 0.222. The molecule has 0 amide bonds. The Hall–Kier alpha value is -2.69. The Labute approximate surface area is 134 Å². The zero-order chi connectivity index (χ0) is 16.2. The number of benzene rings is 2. The lowest BCUT2D eigenvalue weighted by Gasteiger charge is -2.20. The Morgan fingerprint density at radius 1 is 1.13 bits per heavy atom. The Morgan fingerprint density at radius 3 is 2.78 bits per heavy atom. The van der Waals surface area contributed by atoms with E-state index < -0.39 is 0 Å². The first kappa shape index (κ1) is 15.2. The molecule has 3 aromatic rings. The second-order valence-corrected chi connectivity index (χ2v) is 5.39. The lowest BCUT2D eigenvalue weighted by Crippen LogP contribution is -2.25. The monoisotopic (exact) mass is 311 g/mol. The highest BCUT2D eigenvalue weighted by Crippen LogP contribution is 2.23. The third-order valence-electron chi connectivity index (χ3n) is 3.72. The summed E-state index contributed by atoms with van der Waals surface area (Å²) in [6.45, 7) is 3.17. The number of halogens is 1. The van der Waals surface area contributed by atoms with Gasteiger partial charge in [-0.05, 0) is 36.8 Å². The van der Waals surface area contributed by atoms with E-state index in [-0.39, 0.29) is 5.82 Å². The van der Waals surface area contributed by atoms with E-state index in [9.17, 15) is 4.39 Å². The summed E-state index contributed by atoms with van der Waals surface area (Å²) in [5.41, 5.74) is 1.83. The molecule has 5 heteroatoms. The smallest absolute Gasteiger partial charge is 0.139 e. The van der Waals surface area contributed by atoms with Gasteiger partial charge in [0.1, 0.15) is 30.3 Å². The molecule has 0 aliphatic heterocycles. The molecule has 0 N–H and O–H groups in total. The van der Waals surface area contributed by atoms with Crippen LogP contribution >= 0.6 is 0 Å². The van der Waals surface area contributed by atoms with Gasteiger partial charge in [-0.15, -0.1) is 0 Å². The highest BCUT2D eigenvalue weighted by atomic mass is 19.1. The van der Waals surface area contributed by atoms with Gasteiger partial charge in [-0.3, -0.25) is 0 Å². The molecule has 0 saturated heterocycles. The van der Waals surface area contributed by atoms with Crippen LogP contribution in [0.1, 0.15) is 5.56 Å². The van der Waals surface area contributed by atoms with Crippen molar-refractivity contribution in [3.05, 3.63) is 60.2 Å². The molecule has 0 fully saturated rings. The molecule has 1 aromatic heterocycles. The number of ether oxygens (including phenoxy) is 1. The van der Waals surface area contributed by atoms with E-state index in [1.54, 1.807) is 6.07 Å². The maximum absolute atomic E-state index is 13.5. The van der Waals surface area contributed by atoms with E-state index in [2.05, 4.69) is 9.97 Å². The van der Waals surface area contributed by atoms with E-state index in [0.29, 0.717) is 24.4 Å². The molecule has 3 rings (SSSR count). The van der Waals surface area contributed by atoms with Crippen LogP contribution in [0.3, 0.4) is 0 Å². The second kappa shape index (κ2) is 6.60. The molecule has 0 unspecified atom stereocenters. The van der Waals surface area contributed by atoms with E-state index >= 15 is 0 Å². The zero-order valence-corrected chi connectivity index (χ0v) is 13.2. The molecular formula is C18H18FN3O. The van der Waals surface area contributed by atoms with Crippen molar-refractivity contribution >= 4 is 16.7 Å². The fourth-order valence-corrected chi connectivity index (χ4v) is 2.44. The summed E-state index contributed by atoms with van der Waals surface area (Å²) in [7, 11) is 1.91. The summed E-state index contributed by atoms with van der Waals surface area (Å²) in [5, 5.41) is 0.700. The third kappa shape index (κ3) is 3.39. The van der Waals surface area contributed by atoms with Gasteiger partial charge in [-0.1, -0.05) is 18.2 Å². The predicted octanol–water partition coefficient (Wildman–Crippen LogP) is 3.59. The van der Waals surface area contributed by atoms with Crippen molar-refractivity contribution in [3.8, 4) is 5.75 Å². The van der Waals surface area contributed by atoms with Gasteiger partial charge >= 0.3 is 0 Å².